The third kappa shape index (κ3) is 22.5. The number of allylic oxidation sites excluding steroid dienone is 7. The van der Waals surface area contributed by atoms with Crippen LogP contribution in [0, 0.1) is 44.3 Å². The van der Waals surface area contributed by atoms with Gasteiger partial charge in [0.15, 0.2) is 0 Å². The minimum Gasteiger partial charge on any atom is -0.388 e. The minimum absolute atomic E-state index is 0. The smallest absolute Gasteiger partial charge is 0.0853 e. The first kappa shape index (κ1) is 49.3. The second-order valence-corrected chi connectivity index (χ2v) is 18.2. The summed E-state index contributed by atoms with van der Waals surface area (Å²) in [5.41, 5.74) is 3.36. The second kappa shape index (κ2) is 21.8. The zero-order valence-corrected chi connectivity index (χ0v) is 34.1. The third-order valence-corrected chi connectivity index (χ3v) is 9.36. The zero-order valence-electron chi connectivity index (χ0n) is 32.9. The predicted octanol–water partition coefficient (Wildman–Crippen LogP) is 12.0. The third-order valence-electron chi connectivity index (χ3n) is 9.20. The number of aliphatic hydroxyl groups is 1. The largest absolute Gasteiger partial charge is 0.388 e. The van der Waals surface area contributed by atoms with Gasteiger partial charge in [0.25, 0.3) is 0 Å². The van der Waals surface area contributed by atoms with Crippen molar-refractivity contribution in [1.29, 1.82) is 5.41 Å². The molecule has 0 saturated carbocycles. The van der Waals surface area contributed by atoms with Crippen LogP contribution in [0.25, 0.3) is 0 Å². The van der Waals surface area contributed by atoms with Crippen molar-refractivity contribution in [1.82, 2.24) is 4.90 Å². The lowest BCUT2D eigenvalue weighted by atomic mass is 9.63. The van der Waals surface area contributed by atoms with E-state index in [1.54, 1.807) is 6.21 Å². The summed E-state index contributed by atoms with van der Waals surface area (Å²) in [6.45, 7) is 37.9. The van der Waals surface area contributed by atoms with E-state index in [9.17, 15) is 5.11 Å². The summed E-state index contributed by atoms with van der Waals surface area (Å²) < 4.78 is 5.37. The van der Waals surface area contributed by atoms with Crippen LogP contribution in [0.15, 0.2) is 47.6 Å². The quantitative estimate of drug-likeness (QED) is 0.124. The molecule has 0 aromatic carbocycles. The SMILES string of the molecule is C.CC(C)(C)CCC(C=N)CC(C)(COP)C(C)(C)C.CC1C=CC=C1.CCN(C)CC(O)/C=C(\C=C(/C)C(C)(C)C)C(C)(C)C. The van der Waals surface area contributed by atoms with Crippen LogP contribution in [0.1, 0.15) is 137 Å². The van der Waals surface area contributed by atoms with E-state index in [2.05, 4.69) is 156 Å². The van der Waals surface area contributed by atoms with Crippen molar-refractivity contribution in [2.45, 2.75) is 144 Å². The summed E-state index contributed by atoms with van der Waals surface area (Å²) in [5, 5.41) is 18.0. The molecule has 46 heavy (non-hydrogen) atoms. The van der Waals surface area contributed by atoms with Crippen LogP contribution in [0.2, 0.25) is 0 Å². The van der Waals surface area contributed by atoms with Gasteiger partial charge < -0.3 is 19.9 Å². The normalized spacial score (nSPS) is 17.3. The fourth-order valence-electron chi connectivity index (χ4n) is 4.42. The first-order chi connectivity index (χ1) is 20.2. The average Bonchev–Trinajstić information content (AvgIpc) is 3.35. The Bertz CT molecular complexity index is 939. The van der Waals surface area contributed by atoms with Crippen LogP contribution in [-0.4, -0.2) is 49.1 Å². The summed E-state index contributed by atoms with van der Waals surface area (Å²) >= 11 is 0. The summed E-state index contributed by atoms with van der Waals surface area (Å²) in [5.74, 6) is 1.04. The minimum atomic E-state index is -0.418. The van der Waals surface area contributed by atoms with E-state index in [1.165, 1.54) is 11.1 Å². The van der Waals surface area contributed by atoms with E-state index in [0.717, 1.165) is 32.4 Å². The standard InChI is InChI=1S/C18H35NO.C16H34NOP.C6H8.CH4/c1-10-19(9)13-16(20)12-15(18(6,7)8)11-14(2)17(3,4)5;1-14(2,3)9-8-13(11-17)10-16(7,12-18-19)15(4,5)6;1-6-4-2-3-5-6;/h11-12,16,20H,10,13H2,1-9H3;11,13,17H,8-10,12,19H2,1-7H3;2-6H,1H3;1H4/b14-11+,15-12+;;;. The van der Waals surface area contributed by atoms with E-state index < -0.39 is 6.10 Å². The van der Waals surface area contributed by atoms with Crippen LogP contribution in [-0.2, 0) is 4.52 Å². The molecule has 1 aliphatic carbocycles. The highest BCUT2D eigenvalue weighted by Crippen LogP contribution is 2.45. The molecule has 0 amide bonds. The van der Waals surface area contributed by atoms with Gasteiger partial charge in [-0.25, -0.2) is 0 Å². The van der Waals surface area contributed by atoms with Crippen LogP contribution < -0.4 is 0 Å². The fourth-order valence-corrected chi connectivity index (χ4v) is 4.79. The van der Waals surface area contributed by atoms with Gasteiger partial charge in [0.2, 0.25) is 0 Å². The van der Waals surface area contributed by atoms with Crippen molar-refractivity contribution < 1.29 is 9.63 Å². The molecular weight excluding hydrogens is 583 g/mol. The molecule has 0 aliphatic heterocycles. The fraction of sp³-hybridized carbons (Fsp3) is 0.780. The Kier molecular flexibility index (Phi) is 23.4. The first-order valence-corrected chi connectivity index (χ1v) is 17.6. The lowest BCUT2D eigenvalue weighted by Crippen LogP contribution is -2.38. The lowest BCUT2D eigenvalue weighted by Gasteiger charge is -2.43. The van der Waals surface area contributed by atoms with Gasteiger partial charge in [0, 0.05) is 16.0 Å². The van der Waals surface area contributed by atoms with Crippen LogP contribution in [0.3, 0.4) is 0 Å². The maximum absolute atomic E-state index is 10.3. The molecule has 0 saturated heterocycles. The molecule has 0 aromatic heterocycles. The lowest BCUT2D eigenvalue weighted by molar-refractivity contribution is 0.0333. The topological polar surface area (TPSA) is 56.5 Å². The Hall–Kier alpha value is -1.06. The predicted molar refractivity (Wildman–Crippen MR) is 213 cm³/mol. The van der Waals surface area contributed by atoms with Gasteiger partial charge in [-0.2, -0.15) is 0 Å². The van der Waals surface area contributed by atoms with Gasteiger partial charge in [-0.15, -0.1) is 0 Å². The van der Waals surface area contributed by atoms with Gasteiger partial charge in [0.1, 0.15) is 0 Å². The first-order valence-electron chi connectivity index (χ1n) is 17.2. The monoisotopic (exact) mass is 665 g/mol. The average molecular weight is 665 g/mol. The van der Waals surface area contributed by atoms with Crippen molar-refractivity contribution in [3.05, 3.63) is 47.6 Å². The maximum Gasteiger partial charge on any atom is 0.0853 e. The number of hydrogen-bond donors (Lipinski definition) is 2. The van der Waals surface area contributed by atoms with Crippen molar-refractivity contribution in [2.75, 3.05) is 26.7 Å². The van der Waals surface area contributed by atoms with Gasteiger partial charge in [-0.1, -0.05) is 153 Å². The van der Waals surface area contributed by atoms with E-state index in [4.69, 9.17) is 9.93 Å². The zero-order chi connectivity index (χ0) is 35.9. The molecule has 0 heterocycles. The molecule has 1 aliphatic rings. The molecular formula is C41H81N2O2P. The Morgan fingerprint density at radius 3 is 1.76 bits per heavy atom. The van der Waals surface area contributed by atoms with Crippen LogP contribution in [0.4, 0.5) is 0 Å². The number of hydrogen-bond acceptors (Lipinski definition) is 4. The van der Waals surface area contributed by atoms with Crippen LogP contribution >= 0.6 is 9.47 Å². The Morgan fingerprint density at radius 1 is 0.957 bits per heavy atom. The van der Waals surface area contributed by atoms with Crippen molar-refractivity contribution in [3.8, 4) is 0 Å². The Labute approximate surface area is 291 Å². The van der Waals surface area contributed by atoms with Crippen molar-refractivity contribution in [3.63, 3.8) is 0 Å². The maximum atomic E-state index is 10.3. The molecule has 2 N–H and O–H groups in total. The molecule has 0 fully saturated rings. The highest BCUT2D eigenvalue weighted by Gasteiger charge is 2.39. The second-order valence-electron chi connectivity index (χ2n) is 17.9. The van der Waals surface area contributed by atoms with Crippen molar-refractivity contribution >= 4 is 15.7 Å². The number of likely N-dealkylation sites (N-methyl/N-ethyl adjacent to an activating group) is 1. The molecule has 1 rings (SSSR count). The number of rotatable bonds is 12. The molecule has 0 spiro atoms. The highest BCUT2D eigenvalue weighted by molar-refractivity contribution is 7.09. The van der Waals surface area contributed by atoms with Gasteiger partial charge in [-0.3, -0.25) is 0 Å². The molecule has 4 atom stereocenters. The summed E-state index contributed by atoms with van der Waals surface area (Å²) in [7, 11) is 4.40. The highest BCUT2D eigenvalue weighted by atomic mass is 31.0. The van der Waals surface area contributed by atoms with Gasteiger partial charge >= 0.3 is 0 Å². The molecule has 4 nitrogen and oxygen atoms in total. The van der Waals surface area contributed by atoms with E-state index >= 15 is 0 Å². The summed E-state index contributed by atoms with van der Waals surface area (Å²) in [4.78, 5) is 2.13. The molecule has 272 valence electrons. The van der Waals surface area contributed by atoms with E-state index in [-0.39, 0.29) is 29.1 Å². The van der Waals surface area contributed by atoms with Crippen molar-refractivity contribution in [2.24, 2.45) is 38.9 Å². The van der Waals surface area contributed by atoms with Crippen LogP contribution in [0.5, 0.6) is 0 Å². The van der Waals surface area contributed by atoms with E-state index in [0.29, 0.717) is 23.8 Å². The molecule has 0 bridgehead atoms. The molecule has 5 heteroatoms. The molecule has 0 aromatic rings. The summed E-state index contributed by atoms with van der Waals surface area (Å²) in [6.07, 6.45) is 17.2. The molecule has 4 unspecified atom stereocenters. The van der Waals surface area contributed by atoms with Gasteiger partial charge in [-0.05, 0) is 90.5 Å². The van der Waals surface area contributed by atoms with E-state index in [1.807, 2.05) is 13.1 Å². The summed E-state index contributed by atoms with van der Waals surface area (Å²) in [6, 6.07) is 0. The Balaban J connectivity index is -0.000000665. The Morgan fingerprint density at radius 2 is 1.46 bits per heavy atom. The van der Waals surface area contributed by atoms with Gasteiger partial charge in [0.05, 0.1) is 12.7 Å². The number of nitrogens with one attached hydrogen (secondary N) is 1. The molecule has 0 radical (unpaired) electrons. The number of aliphatic hydroxyl groups excluding tert-OH is 1. The number of nitrogens with zero attached hydrogens (tertiary/aromatic N) is 1.